The summed E-state index contributed by atoms with van der Waals surface area (Å²) in [6.45, 7) is 1.99. The number of fused-ring (bicyclic) bond motifs is 3. The normalized spacial score (nSPS) is 12.7. The van der Waals surface area contributed by atoms with Crippen LogP contribution < -0.4 is 11.2 Å². The van der Waals surface area contributed by atoms with E-state index in [-0.39, 0.29) is 0 Å². The fraction of sp³-hybridized carbons (Fsp3) is 0.0769. The van der Waals surface area contributed by atoms with Gasteiger partial charge in [-0.05, 0) is 79.9 Å². The molecule has 3 N–H and O–H groups in total. The quantitative estimate of drug-likeness (QED) is 0.0973. The predicted octanol–water partition coefficient (Wildman–Crippen LogP) is 11.8. The summed E-state index contributed by atoms with van der Waals surface area (Å²) in [4.78, 5) is 0. The molecule has 1 aliphatic carbocycles. The molecule has 0 unspecified atom stereocenters. The Hall–Kier alpha value is -6.56. The fourth-order valence-electron chi connectivity index (χ4n) is 8.41. The molecule has 4 heteroatoms. The fourth-order valence-corrected chi connectivity index (χ4v) is 8.41. The molecule has 0 aliphatic heterocycles. The lowest BCUT2D eigenvalue weighted by Crippen LogP contribution is -2.46. The summed E-state index contributed by atoms with van der Waals surface area (Å²) >= 11 is 0. The van der Waals surface area contributed by atoms with E-state index in [1.165, 1.54) is 55.6 Å². The highest BCUT2D eigenvalue weighted by atomic mass is 15.7. The van der Waals surface area contributed by atoms with Crippen LogP contribution in [0.1, 0.15) is 38.9 Å². The minimum Gasteiger partial charge on any atom is -0.355 e. The third-order valence-electron chi connectivity index (χ3n) is 11.0. The van der Waals surface area contributed by atoms with Gasteiger partial charge in [0.25, 0.3) is 0 Å². The maximum atomic E-state index is 6.77. The van der Waals surface area contributed by atoms with Crippen LogP contribution in [0.2, 0.25) is 0 Å². The molecular formula is C52H44N4. The van der Waals surface area contributed by atoms with Gasteiger partial charge in [0.05, 0.1) is 12.0 Å². The number of rotatable bonds is 12. The molecule has 1 aliphatic rings. The van der Waals surface area contributed by atoms with Gasteiger partial charge >= 0.3 is 0 Å². The molecule has 56 heavy (non-hydrogen) atoms. The van der Waals surface area contributed by atoms with E-state index in [9.17, 15) is 0 Å². The van der Waals surface area contributed by atoms with Crippen LogP contribution in [0.3, 0.4) is 0 Å². The molecule has 0 aromatic heterocycles. The van der Waals surface area contributed by atoms with E-state index in [1.807, 2.05) is 11.2 Å². The number of anilines is 2. The van der Waals surface area contributed by atoms with Crippen LogP contribution >= 0.6 is 0 Å². The largest absolute Gasteiger partial charge is 0.355 e. The van der Waals surface area contributed by atoms with Crippen LogP contribution in [0.4, 0.5) is 11.4 Å². The molecule has 0 fully saturated rings. The lowest BCUT2D eigenvalue weighted by molar-refractivity contribution is -0.0511. The van der Waals surface area contributed by atoms with Gasteiger partial charge in [0.2, 0.25) is 0 Å². The average molecular weight is 725 g/mol. The van der Waals surface area contributed by atoms with E-state index >= 15 is 0 Å². The standard InChI is InChI=1S/C52H44N4/c53-56(38-40-20-8-2-9-21-40)55(36-39-18-6-1-7-19-39)37-41-30-32-45(33-31-41)54-51-35-48-46-28-16-17-29-49(46)52(43-24-12-4-13-25-43,44-26-14-5-15-27-44)50(48)34-47(51)42-22-10-3-11-23-42/h1-35,54H,36-38,53H2. The minimum atomic E-state index is -0.471. The van der Waals surface area contributed by atoms with E-state index < -0.39 is 5.41 Å². The Labute approximate surface area is 330 Å². The van der Waals surface area contributed by atoms with Gasteiger partial charge in [-0.3, -0.25) is 5.84 Å². The summed E-state index contributed by atoms with van der Waals surface area (Å²) < 4.78 is 0. The summed E-state index contributed by atoms with van der Waals surface area (Å²) in [6.07, 6.45) is 0. The van der Waals surface area contributed by atoms with Crippen LogP contribution in [0.25, 0.3) is 22.3 Å². The van der Waals surface area contributed by atoms with Crippen molar-refractivity contribution in [3.05, 3.63) is 251 Å². The van der Waals surface area contributed by atoms with E-state index in [0.29, 0.717) is 19.6 Å². The molecule has 0 amide bonds. The summed E-state index contributed by atoms with van der Waals surface area (Å²) in [5, 5.41) is 7.92. The molecule has 0 atom stereocenters. The first-order valence-corrected chi connectivity index (χ1v) is 19.3. The van der Waals surface area contributed by atoms with Crippen molar-refractivity contribution in [1.82, 2.24) is 10.1 Å². The van der Waals surface area contributed by atoms with Gasteiger partial charge < -0.3 is 5.32 Å². The molecule has 0 saturated carbocycles. The van der Waals surface area contributed by atoms with Gasteiger partial charge in [0.15, 0.2) is 0 Å². The van der Waals surface area contributed by atoms with Crippen LogP contribution in [0.15, 0.2) is 212 Å². The van der Waals surface area contributed by atoms with E-state index in [4.69, 9.17) is 5.84 Å². The zero-order chi connectivity index (χ0) is 37.7. The summed E-state index contributed by atoms with van der Waals surface area (Å²) in [6, 6.07) is 76.1. The lowest BCUT2D eigenvalue weighted by atomic mass is 9.67. The van der Waals surface area contributed by atoms with Crippen molar-refractivity contribution in [3.8, 4) is 22.3 Å². The SMILES string of the molecule is NN(Cc1ccccc1)N(Cc1ccccc1)Cc1ccc(Nc2cc3c(cc2-c2ccccc2)C(c2ccccc2)(c2ccccc2)c2ccccc2-3)cc1. The van der Waals surface area contributed by atoms with Crippen LogP contribution in [-0.2, 0) is 25.0 Å². The lowest BCUT2D eigenvalue weighted by Gasteiger charge is -2.34. The van der Waals surface area contributed by atoms with E-state index in [0.717, 1.165) is 16.9 Å². The summed E-state index contributed by atoms with van der Waals surface area (Å²) in [7, 11) is 0. The Bertz CT molecular complexity index is 2480. The van der Waals surface area contributed by atoms with Crippen molar-refractivity contribution in [2.24, 2.45) is 5.84 Å². The number of nitrogens with zero attached hydrogens (tertiary/aromatic N) is 2. The van der Waals surface area contributed by atoms with Crippen LogP contribution in [0.5, 0.6) is 0 Å². The molecule has 0 spiro atoms. The summed E-state index contributed by atoms with van der Waals surface area (Å²) in [5.74, 6) is 6.77. The van der Waals surface area contributed by atoms with E-state index in [2.05, 4.69) is 217 Å². The first kappa shape index (κ1) is 35.2. The Morgan fingerprint density at radius 1 is 0.411 bits per heavy atom. The molecule has 0 saturated heterocycles. The molecule has 8 aromatic carbocycles. The average Bonchev–Trinajstić information content (AvgIpc) is 3.55. The maximum Gasteiger partial charge on any atom is 0.0713 e. The predicted molar refractivity (Wildman–Crippen MR) is 231 cm³/mol. The first-order chi connectivity index (χ1) is 27.7. The number of nitrogens with one attached hydrogen (secondary N) is 1. The number of hydrogen-bond donors (Lipinski definition) is 2. The number of hydrazine groups is 2. The molecule has 4 nitrogen and oxygen atoms in total. The summed E-state index contributed by atoms with van der Waals surface area (Å²) in [5.41, 5.74) is 15.1. The zero-order valence-electron chi connectivity index (χ0n) is 31.3. The van der Waals surface area contributed by atoms with Crippen molar-refractivity contribution in [1.29, 1.82) is 0 Å². The number of nitrogens with two attached hydrogens (primary N) is 1. The van der Waals surface area contributed by atoms with Gasteiger partial charge in [-0.25, -0.2) is 5.01 Å². The van der Waals surface area contributed by atoms with Crippen LogP contribution in [-0.4, -0.2) is 10.1 Å². The Kier molecular flexibility index (Phi) is 9.83. The van der Waals surface area contributed by atoms with Crippen molar-refractivity contribution in [2.75, 3.05) is 5.32 Å². The maximum absolute atomic E-state index is 6.77. The third kappa shape index (κ3) is 6.82. The number of hydrogen-bond acceptors (Lipinski definition) is 4. The van der Waals surface area contributed by atoms with Gasteiger partial charge in [-0.2, -0.15) is 5.12 Å². The van der Waals surface area contributed by atoms with Crippen molar-refractivity contribution in [3.63, 3.8) is 0 Å². The highest BCUT2D eigenvalue weighted by Crippen LogP contribution is 2.57. The highest BCUT2D eigenvalue weighted by molar-refractivity contribution is 5.94. The molecule has 272 valence electrons. The van der Waals surface area contributed by atoms with Crippen molar-refractivity contribution in [2.45, 2.75) is 25.0 Å². The van der Waals surface area contributed by atoms with Crippen LogP contribution in [0, 0.1) is 0 Å². The smallest absolute Gasteiger partial charge is 0.0713 e. The van der Waals surface area contributed by atoms with Gasteiger partial charge in [0, 0.05) is 30.0 Å². The Balaban J connectivity index is 1.09. The third-order valence-corrected chi connectivity index (χ3v) is 11.0. The molecular weight excluding hydrogens is 681 g/mol. The van der Waals surface area contributed by atoms with E-state index in [1.54, 1.807) is 0 Å². The monoisotopic (exact) mass is 724 g/mol. The molecule has 9 rings (SSSR count). The highest BCUT2D eigenvalue weighted by Gasteiger charge is 2.46. The topological polar surface area (TPSA) is 44.5 Å². The van der Waals surface area contributed by atoms with Crippen molar-refractivity contribution < 1.29 is 0 Å². The Morgan fingerprint density at radius 3 is 1.48 bits per heavy atom. The molecule has 8 aromatic rings. The minimum absolute atomic E-state index is 0.471. The van der Waals surface area contributed by atoms with Crippen molar-refractivity contribution >= 4 is 11.4 Å². The molecule has 0 radical (unpaired) electrons. The second kappa shape index (κ2) is 15.7. The second-order valence-electron chi connectivity index (χ2n) is 14.6. The van der Waals surface area contributed by atoms with Gasteiger partial charge in [0.1, 0.15) is 0 Å². The zero-order valence-corrected chi connectivity index (χ0v) is 31.3. The second-order valence-corrected chi connectivity index (χ2v) is 14.6. The first-order valence-electron chi connectivity index (χ1n) is 19.3. The molecule has 0 heterocycles. The van der Waals surface area contributed by atoms with Gasteiger partial charge in [-0.15, -0.1) is 0 Å². The Morgan fingerprint density at radius 2 is 0.893 bits per heavy atom. The molecule has 0 bridgehead atoms. The van der Waals surface area contributed by atoms with Gasteiger partial charge in [-0.1, -0.05) is 188 Å². The number of benzene rings is 8.